The number of aromatic nitrogens is 1. The number of hydrogen-bond donors (Lipinski definition) is 1. The van der Waals surface area contributed by atoms with Crippen molar-refractivity contribution in [3.8, 4) is 0 Å². The van der Waals surface area contributed by atoms with Crippen LogP contribution in [0.25, 0.3) is 11.1 Å². The second-order valence-corrected chi connectivity index (χ2v) is 5.82. The van der Waals surface area contributed by atoms with Crippen LogP contribution >= 0.6 is 0 Å². The van der Waals surface area contributed by atoms with Crippen LogP contribution in [0.4, 0.5) is 0 Å². The first kappa shape index (κ1) is 12.6. The van der Waals surface area contributed by atoms with Crippen molar-refractivity contribution in [3.05, 3.63) is 66.1 Å². The summed E-state index contributed by atoms with van der Waals surface area (Å²) in [5, 5.41) is 10.7. The summed E-state index contributed by atoms with van der Waals surface area (Å²) >= 11 is 0. The number of nitrogens with zero attached hydrogens (tertiary/aromatic N) is 1. The minimum Gasteiger partial charge on any atom is -0.441 e. The molecule has 106 valence electrons. The fourth-order valence-electron chi connectivity index (χ4n) is 3.09. The summed E-state index contributed by atoms with van der Waals surface area (Å²) in [6.45, 7) is 0. The molecule has 1 N–H and O–H groups in total. The molecule has 0 amide bonds. The van der Waals surface area contributed by atoms with Crippen LogP contribution in [0.1, 0.15) is 24.3 Å². The number of aliphatic hydroxyl groups is 1. The number of benzene rings is 2. The maximum atomic E-state index is 10.7. The van der Waals surface area contributed by atoms with E-state index >= 15 is 0 Å². The molecule has 3 heteroatoms. The molecular formula is C18H17NO2. The molecule has 1 fully saturated rings. The van der Waals surface area contributed by atoms with E-state index in [1.54, 1.807) is 0 Å². The minimum atomic E-state index is -0.451. The van der Waals surface area contributed by atoms with Crippen molar-refractivity contribution >= 4 is 11.1 Å². The molecule has 1 unspecified atom stereocenters. The quantitative estimate of drug-likeness (QED) is 0.795. The lowest BCUT2D eigenvalue weighted by Gasteiger charge is -2.21. The molecule has 0 aliphatic heterocycles. The van der Waals surface area contributed by atoms with Gasteiger partial charge in [-0.05, 0) is 30.5 Å². The van der Waals surface area contributed by atoms with Crippen LogP contribution in [-0.4, -0.2) is 16.2 Å². The standard InChI is InChI=1S/C18H17NO2/c20-16(18(10-11-18)13-6-2-1-3-7-13)12-17-19-14-8-4-5-9-15(14)21-17/h1-9,16,20H,10-12H2. The fourth-order valence-corrected chi connectivity index (χ4v) is 3.09. The van der Waals surface area contributed by atoms with E-state index in [1.807, 2.05) is 42.5 Å². The number of fused-ring (bicyclic) bond motifs is 1. The van der Waals surface area contributed by atoms with Gasteiger partial charge in [-0.25, -0.2) is 4.98 Å². The van der Waals surface area contributed by atoms with Crippen molar-refractivity contribution in [2.45, 2.75) is 30.8 Å². The molecule has 1 aliphatic carbocycles. The summed E-state index contributed by atoms with van der Waals surface area (Å²) < 4.78 is 5.73. The zero-order chi connectivity index (χ0) is 14.3. The Morgan fingerprint density at radius 1 is 1.05 bits per heavy atom. The van der Waals surface area contributed by atoms with Gasteiger partial charge in [0, 0.05) is 5.41 Å². The molecule has 0 bridgehead atoms. The van der Waals surface area contributed by atoms with Gasteiger partial charge in [-0.3, -0.25) is 0 Å². The Kier molecular flexibility index (Phi) is 2.82. The molecule has 0 saturated heterocycles. The largest absolute Gasteiger partial charge is 0.441 e. The third kappa shape index (κ3) is 2.14. The summed E-state index contributed by atoms with van der Waals surface area (Å²) in [4.78, 5) is 4.46. The van der Waals surface area contributed by atoms with Gasteiger partial charge in [0.25, 0.3) is 0 Å². The van der Waals surface area contributed by atoms with E-state index in [0.717, 1.165) is 23.9 Å². The van der Waals surface area contributed by atoms with Crippen LogP contribution in [-0.2, 0) is 11.8 Å². The van der Waals surface area contributed by atoms with Gasteiger partial charge in [0.15, 0.2) is 11.5 Å². The lowest BCUT2D eigenvalue weighted by atomic mass is 9.88. The first-order valence-corrected chi connectivity index (χ1v) is 7.36. The van der Waals surface area contributed by atoms with E-state index < -0.39 is 6.10 Å². The van der Waals surface area contributed by atoms with E-state index in [2.05, 4.69) is 17.1 Å². The number of oxazole rings is 1. The average Bonchev–Trinajstić information content (AvgIpc) is 3.23. The molecule has 4 rings (SSSR count). The van der Waals surface area contributed by atoms with E-state index in [-0.39, 0.29) is 5.41 Å². The van der Waals surface area contributed by atoms with Crippen molar-refractivity contribution in [1.29, 1.82) is 0 Å². The van der Waals surface area contributed by atoms with Gasteiger partial charge in [-0.2, -0.15) is 0 Å². The molecule has 1 atom stereocenters. The van der Waals surface area contributed by atoms with Crippen LogP contribution < -0.4 is 0 Å². The highest BCUT2D eigenvalue weighted by Crippen LogP contribution is 2.51. The van der Waals surface area contributed by atoms with Crippen LogP contribution in [0.3, 0.4) is 0 Å². The number of hydrogen-bond acceptors (Lipinski definition) is 3. The highest BCUT2D eigenvalue weighted by molar-refractivity contribution is 5.72. The van der Waals surface area contributed by atoms with Crippen molar-refractivity contribution in [3.63, 3.8) is 0 Å². The van der Waals surface area contributed by atoms with E-state index in [9.17, 15) is 5.11 Å². The van der Waals surface area contributed by atoms with Crippen molar-refractivity contribution in [1.82, 2.24) is 4.98 Å². The molecule has 1 aliphatic rings. The molecule has 3 aromatic rings. The minimum absolute atomic E-state index is 0.109. The Labute approximate surface area is 123 Å². The molecule has 1 saturated carbocycles. The molecule has 3 nitrogen and oxygen atoms in total. The SMILES string of the molecule is OC(Cc1nc2ccccc2o1)C1(c2ccccc2)CC1. The Balaban J connectivity index is 1.59. The third-order valence-corrected chi connectivity index (χ3v) is 4.48. The Morgan fingerprint density at radius 3 is 2.48 bits per heavy atom. The van der Waals surface area contributed by atoms with Crippen LogP contribution in [0.2, 0.25) is 0 Å². The molecule has 1 heterocycles. The summed E-state index contributed by atoms with van der Waals surface area (Å²) in [5.74, 6) is 0.617. The highest BCUT2D eigenvalue weighted by atomic mass is 16.4. The van der Waals surface area contributed by atoms with E-state index in [4.69, 9.17) is 4.42 Å². The zero-order valence-corrected chi connectivity index (χ0v) is 11.7. The van der Waals surface area contributed by atoms with Crippen molar-refractivity contribution in [2.24, 2.45) is 0 Å². The molecule has 0 radical (unpaired) electrons. The summed E-state index contributed by atoms with van der Waals surface area (Å²) in [5.41, 5.74) is 2.74. The van der Waals surface area contributed by atoms with Crippen molar-refractivity contribution in [2.75, 3.05) is 0 Å². The normalized spacial score (nSPS) is 17.8. The first-order chi connectivity index (χ1) is 10.3. The second kappa shape index (κ2) is 4.71. The first-order valence-electron chi connectivity index (χ1n) is 7.36. The molecule has 0 spiro atoms. The topological polar surface area (TPSA) is 46.3 Å². The fraction of sp³-hybridized carbons (Fsp3) is 0.278. The van der Waals surface area contributed by atoms with Gasteiger partial charge in [-0.1, -0.05) is 42.5 Å². The van der Waals surface area contributed by atoms with Gasteiger partial charge in [0.1, 0.15) is 5.52 Å². The predicted octanol–water partition coefficient (Wildman–Crippen LogP) is 3.46. The molecule has 1 aromatic heterocycles. The highest BCUT2D eigenvalue weighted by Gasteiger charge is 2.50. The number of para-hydroxylation sites is 2. The Bertz CT molecular complexity index is 726. The van der Waals surface area contributed by atoms with E-state index in [0.29, 0.717) is 12.3 Å². The van der Waals surface area contributed by atoms with Gasteiger partial charge in [0.2, 0.25) is 0 Å². The maximum absolute atomic E-state index is 10.7. The molecule has 2 aromatic carbocycles. The molecular weight excluding hydrogens is 262 g/mol. The van der Waals surface area contributed by atoms with Gasteiger partial charge < -0.3 is 9.52 Å². The van der Waals surface area contributed by atoms with Gasteiger partial charge in [0.05, 0.1) is 12.5 Å². The van der Waals surface area contributed by atoms with Crippen LogP contribution in [0.5, 0.6) is 0 Å². The summed E-state index contributed by atoms with van der Waals surface area (Å²) in [6, 6.07) is 18.0. The third-order valence-electron chi connectivity index (χ3n) is 4.48. The van der Waals surface area contributed by atoms with E-state index in [1.165, 1.54) is 5.56 Å². The maximum Gasteiger partial charge on any atom is 0.198 e. The lowest BCUT2D eigenvalue weighted by Crippen LogP contribution is -2.28. The number of aliphatic hydroxyl groups excluding tert-OH is 1. The Morgan fingerprint density at radius 2 is 1.76 bits per heavy atom. The monoisotopic (exact) mass is 279 g/mol. The summed E-state index contributed by atoms with van der Waals surface area (Å²) in [7, 11) is 0. The number of rotatable bonds is 4. The van der Waals surface area contributed by atoms with Gasteiger partial charge >= 0.3 is 0 Å². The molecule has 21 heavy (non-hydrogen) atoms. The second-order valence-electron chi connectivity index (χ2n) is 5.82. The van der Waals surface area contributed by atoms with Crippen LogP contribution in [0.15, 0.2) is 59.0 Å². The predicted molar refractivity (Wildman–Crippen MR) is 81.1 cm³/mol. The Hall–Kier alpha value is -2.13. The smallest absolute Gasteiger partial charge is 0.198 e. The summed E-state index contributed by atoms with van der Waals surface area (Å²) in [6.07, 6.45) is 2.06. The average molecular weight is 279 g/mol. The van der Waals surface area contributed by atoms with Crippen molar-refractivity contribution < 1.29 is 9.52 Å². The van der Waals surface area contributed by atoms with Gasteiger partial charge in [-0.15, -0.1) is 0 Å². The zero-order valence-electron chi connectivity index (χ0n) is 11.7. The van der Waals surface area contributed by atoms with Crippen LogP contribution in [0, 0.1) is 0 Å². The lowest BCUT2D eigenvalue weighted by molar-refractivity contribution is 0.124.